The Hall–Kier alpha value is -2.28. The first kappa shape index (κ1) is 19.1. The summed E-state index contributed by atoms with van der Waals surface area (Å²) in [7, 11) is -9.05. The summed E-state index contributed by atoms with van der Waals surface area (Å²) < 4.78 is 50.1. The molecule has 0 saturated heterocycles. The van der Waals surface area contributed by atoms with Gasteiger partial charge in [0.2, 0.25) is 0 Å². The Kier molecular flexibility index (Phi) is 4.99. The van der Waals surface area contributed by atoms with Crippen molar-refractivity contribution in [3.63, 3.8) is 0 Å². The van der Waals surface area contributed by atoms with Crippen LogP contribution in [0.2, 0.25) is 0 Å². The fourth-order valence-electron chi connectivity index (χ4n) is 2.54. The summed E-state index contributed by atoms with van der Waals surface area (Å²) in [6.45, 7) is 6.58. The van der Waals surface area contributed by atoms with Gasteiger partial charge in [-0.05, 0) is 56.5 Å². The lowest BCUT2D eigenvalue weighted by atomic mass is 10.2. The van der Waals surface area contributed by atoms with Gasteiger partial charge in [-0.1, -0.05) is 29.8 Å². The molecule has 0 aliphatic rings. The highest BCUT2D eigenvalue weighted by Crippen LogP contribution is 2.25. The first-order chi connectivity index (χ1) is 11.5. The Morgan fingerprint density at radius 1 is 0.760 bits per heavy atom. The molecule has 0 aromatic heterocycles. The highest BCUT2D eigenvalue weighted by Gasteiger charge is 2.45. The zero-order chi connectivity index (χ0) is 19.0. The van der Waals surface area contributed by atoms with E-state index >= 15 is 0 Å². The van der Waals surface area contributed by atoms with E-state index < -0.39 is 24.1 Å². The lowest BCUT2D eigenvalue weighted by Gasteiger charge is -2.08. The van der Waals surface area contributed by atoms with Crippen molar-refractivity contribution < 1.29 is 21.6 Å². The van der Waals surface area contributed by atoms with E-state index in [4.69, 9.17) is 0 Å². The number of hydrogen-bond donors (Lipinski definition) is 0. The van der Waals surface area contributed by atoms with Gasteiger partial charge < -0.3 is 5.53 Å². The molecule has 6 nitrogen and oxygen atoms in total. The van der Waals surface area contributed by atoms with Crippen LogP contribution in [0, 0.1) is 27.7 Å². The molecule has 2 aromatic rings. The van der Waals surface area contributed by atoms with Crippen LogP contribution in [0.4, 0.5) is 0 Å². The molecule has 2 aromatic carbocycles. The molecule has 0 saturated carbocycles. The summed E-state index contributed by atoms with van der Waals surface area (Å²) in [5, 5.41) is 0. The monoisotopic (exact) mass is 378 g/mol. The minimum absolute atomic E-state index is 0.200. The minimum Gasteiger partial charge on any atom is -0.359 e. The molecule has 0 bridgehead atoms. The van der Waals surface area contributed by atoms with E-state index in [-0.39, 0.29) is 9.79 Å². The molecule has 0 N–H and O–H groups in total. The Labute approximate surface area is 147 Å². The second-order valence-corrected chi connectivity index (χ2v) is 9.84. The number of hydrogen-bond acceptors (Lipinski definition) is 4. The van der Waals surface area contributed by atoms with Gasteiger partial charge in [-0.2, -0.15) is 0 Å². The Morgan fingerprint density at radius 2 is 1.28 bits per heavy atom. The van der Waals surface area contributed by atoms with Crippen molar-refractivity contribution in [1.82, 2.24) is 0 Å². The smallest absolute Gasteiger partial charge is 0.359 e. The fraction of sp³-hybridized carbons (Fsp3) is 0.235. The third kappa shape index (κ3) is 3.42. The van der Waals surface area contributed by atoms with Crippen molar-refractivity contribution in [2.45, 2.75) is 37.5 Å². The van der Waals surface area contributed by atoms with Gasteiger partial charge in [0.1, 0.15) is 0 Å². The fourth-order valence-corrected chi connectivity index (χ4v) is 6.39. The van der Waals surface area contributed by atoms with Crippen LogP contribution in [0.5, 0.6) is 0 Å². The third-order valence-electron chi connectivity index (χ3n) is 3.79. The van der Waals surface area contributed by atoms with Crippen LogP contribution in [-0.4, -0.2) is 26.0 Å². The normalized spacial score (nSPS) is 11.8. The van der Waals surface area contributed by atoms with E-state index in [0.717, 1.165) is 5.56 Å². The van der Waals surface area contributed by atoms with Crippen molar-refractivity contribution in [3.05, 3.63) is 64.2 Å². The maximum atomic E-state index is 12.9. The van der Waals surface area contributed by atoms with Gasteiger partial charge in [0.05, 0.1) is 9.79 Å². The van der Waals surface area contributed by atoms with Crippen LogP contribution < -0.4 is 0 Å². The Morgan fingerprint density at radius 3 is 1.84 bits per heavy atom. The van der Waals surface area contributed by atoms with Gasteiger partial charge in [0, 0.05) is 0 Å². The molecule has 0 heterocycles. The second-order valence-electron chi connectivity index (χ2n) is 5.91. The van der Waals surface area contributed by atoms with Gasteiger partial charge in [-0.25, -0.2) is 16.8 Å². The molecule has 0 aliphatic heterocycles. The highest BCUT2D eigenvalue weighted by molar-refractivity contribution is 8.31. The number of sulfone groups is 2. The van der Waals surface area contributed by atoms with E-state index in [0.29, 0.717) is 16.7 Å². The molecule has 0 spiro atoms. The predicted octanol–water partition coefficient (Wildman–Crippen LogP) is 2.75. The van der Waals surface area contributed by atoms with Crippen molar-refractivity contribution in [1.29, 1.82) is 0 Å². The minimum atomic E-state index is -4.52. The molecule has 25 heavy (non-hydrogen) atoms. The average molecular weight is 378 g/mol. The van der Waals surface area contributed by atoms with E-state index in [1.165, 1.54) is 12.1 Å². The molecule has 0 unspecified atom stereocenters. The molecule has 0 fully saturated rings. The molecule has 132 valence electrons. The molecule has 0 aliphatic carbocycles. The maximum Gasteiger partial charge on any atom is 0.504 e. The summed E-state index contributed by atoms with van der Waals surface area (Å²) >= 11 is 0. The average Bonchev–Trinajstić information content (AvgIpc) is 2.49. The van der Waals surface area contributed by atoms with E-state index in [9.17, 15) is 22.4 Å². The van der Waals surface area contributed by atoms with Crippen LogP contribution in [0.15, 0.2) is 46.2 Å². The van der Waals surface area contributed by atoms with Crippen molar-refractivity contribution in [2.24, 2.45) is 0 Å². The van der Waals surface area contributed by atoms with Crippen molar-refractivity contribution in [3.8, 4) is 0 Å². The molecule has 0 radical (unpaired) electrons. The molecular weight excluding hydrogens is 360 g/mol. The van der Waals surface area contributed by atoms with Gasteiger partial charge in [-0.3, -0.25) is 0 Å². The molecule has 2 rings (SSSR count). The summed E-state index contributed by atoms with van der Waals surface area (Å²) in [5.41, 5.74) is 11.5. The van der Waals surface area contributed by atoms with Gasteiger partial charge in [0.25, 0.3) is 19.7 Å². The Bertz CT molecular complexity index is 1110. The van der Waals surface area contributed by atoms with Crippen LogP contribution in [-0.2, 0) is 19.7 Å². The quantitative estimate of drug-likeness (QED) is 0.347. The number of aryl methyl sites for hydroxylation is 4. The lowest BCUT2D eigenvalue weighted by Crippen LogP contribution is -2.27. The Balaban J connectivity index is 2.75. The summed E-state index contributed by atoms with van der Waals surface area (Å²) in [4.78, 5) is 2.25. The van der Waals surface area contributed by atoms with E-state index in [1.807, 2.05) is 0 Å². The van der Waals surface area contributed by atoms with Crippen LogP contribution in [0.25, 0.3) is 5.53 Å². The topological polar surface area (TPSA) is 105 Å². The zero-order valence-corrected chi connectivity index (χ0v) is 15.9. The van der Waals surface area contributed by atoms with E-state index in [1.54, 1.807) is 52.0 Å². The van der Waals surface area contributed by atoms with E-state index in [2.05, 4.69) is 4.79 Å². The van der Waals surface area contributed by atoms with Crippen LogP contribution in [0.1, 0.15) is 22.3 Å². The molecular formula is C17H18N2O4S2. The number of rotatable bonds is 2. The molecule has 8 heteroatoms. The summed E-state index contributed by atoms with van der Waals surface area (Å²) in [6.07, 6.45) is 0. The van der Waals surface area contributed by atoms with Crippen LogP contribution >= 0.6 is 0 Å². The first-order valence-corrected chi connectivity index (χ1v) is 10.3. The predicted molar refractivity (Wildman–Crippen MR) is 94.8 cm³/mol. The highest BCUT2D eigenvalue weighted by atomic mass is 32.3. The summed E-state index contributed by atoms with van der Waals surface area (Å²) in [5.74, 6) is 0. The first-order valence-electron chi connectivity index (χ1n) is 7.38. The van der Waals surface area contributed by atoms with Crippen molar-refractivity contribution >= 4 is 24.1 Å². The number of nitrogens with zero attached hydrogens (tertiary/aromatic N) is 2. The van der Waals surface area contributed by atoms with Gasteiger partial charge >= 0.3 is 4.38 Å². The third-order valence-corrected chi connectivity index (χ3v) is 8.25. The van der Waals surface area contributed by atoms with Crippen molar-refractivity contribution in [2.75, 3.05) is 0 Å². The zero-order valence-electron chi connectivity index (χ0n) is 14.3. The second kappa shape index (κ2) is 6.55. The van der Waals surface area contributed by atoms with Crippen LogP contribution in [0.3, 0.4) is 0 Å². The SMILES string of the molecule is Cc1ccc(S(=O)(=O)C(=[N+]=[N-])S(=O)(=O)c2cc(C)ccc2C)c(C)c1. The maximum absolute atomic E-state index is 12.9. The molecule has 0 amide bonds. The van der Waals surface area contributed by atoms with Gasteiger partial charge in [0.15, 0.2) is 0 Å². The summed E-state index contributed by atoms with van der Waals surface area (Å²) in [6, 6.07) is 9.12. The number of benzene rings is 2. The lowest BCUT2D eigenvalue weighted by molar-refractivity contribution is 0.00379. The van der Waals surface area contributed by atoms with Gasteiger partial charge in [-0.15, -0.1) is 4.79 Å². The largest absolute Gasteiger partial charge is 0.504 e. The standard InChI is InChI=1S/C17H18N2O4S2/c1-11-6-8-15(14(4)9-11)24(20,21)17(19-18)25(22,23)16-10-12(2)5-7-13(16)3/h5-10H,1-4H3. The molecule has 0 atom stereocenters.